The maximum atomic E-state index is 10.9. The second-order valence-corrected chi connectivity index (χ2v) is 5.31. The molecule has 0 aliphatic heterocycles. The monoisotopic (exact) mass is 342 g/mol. The SMILES string of the molecule is O=Cc1cn[nH]c1-c1ccc(Oc2ccc(Br)cc2)cc1. The molecule has 104 valence electrons. The molecule has 1 heterocycles. The van der Waals surface area contributed by atoms with E-state index in [-0.39, 0.29) is 0 Å². The molecule has 21 heavy (non-hydrogen) atoms. The summed E-state index contributed by atoms with van der Waals surface area (Å²) in [5.74, 6) is 1.49. The summed E-state index contributed by atoms with van der Waals surface area (Å²) in [6.45, 7) is 0. The van der Waals surface area contributed by atoms with Crippen molar-refractivity contribution < 1.29 is 9.53 Å². The van der Waals surface area contributed by atoms with Crippen LogP contribution in [-0.4, -0.2) is 16.5 Å². The van der Waals surface area contributed by atoms with Crippen LogP contribution >= 0.6 is 15.9 Å². The highest BCUT2D eigenvalue weighted by atomic mass is 79.9. The van der Waals surface area contributed by atoms with Gasteiger partial charge in [-0.3, -0.25) is 9.89 Å². The Hall–Kier alpha value is -2.40. The molecule has 1 aromatic heterocycles. The Bertz CT molecular complexity index is 749. The van der Waals surface area contributed by atoms with Crippen LogP contribution in [0.4, 0.5) is 0 Å². The van der Waals surface area contributed by atoms with Crippen LogP contribution < -0.4 is 4.74 Å². The van der Waals surface area contributed by atoms with Crippen molar-refractivity contribution in [1.82, 2.24) is 10.2 Å². The predicted octanol–water partition coefficient (Wildman–Crippen LogP) is 4.44. The van der Waals surface area contributed by atoms with Gasteiger partial charge in [-0.05, 0) is 48.5 Å². The number of nitrogens with one attached hydrogen (secondary N) is 1. The minimum absolute atomic E-state index is 0.538. The van der Waals surface area contributed by atoms with Gasteiger partial charge in [0.2, 0.25) is 0 Å². The van der Waals surface area contributed by atoms with Gasteiger partial charge in [-0.2, -0.15) is 5.10 Å². The molecule has 5 heteroatoms. The summed E-state index contributed by atoms with van der Waals surface area (Å²) in [5, 5.41) is 6.70. The molecule has 0 unspecified atom stereocenters. The Morgan fingerprint density at radius 2 is 1.62 bits per heavy atom. The standard InChI is InChI=1S/C16H11BrN2O2/c17-13-3-7-15(8-4-13)21-14-5-1-11(2-6-14)16-12(10-20)9-18-19-16/h1-10H,(H,18,19). The fourth-order valence-electron chi connectivity index (χ4n) is 1.94. The summed E-state index contributed by atoms with van der Waals surface area (Å²) in [4.78, 5) is 10.9. The van der Waals surface area contributed by atoms with Gasteiger partial charge in [0.15, 0.2) is 6.29 Å². The van der Waals surface area contributed by atoms with Crippen LogP contribution in [0.3, 0.4) is 0 Å². The largest absolute Gasteiger partial charge is 0.457 e. The number of carbonyl (C=O) groups is 1. The molecule has 4 nitrogen and oxygen atoms in total. The molecule has 0 saturated carbocycles. The Morgan fingerprint density at radius 3 is 2.24 bits per heavy atom. The number of carbonyl (C=O) groups excluding carboxylic acids is 1. The zero-order chi connectivity index (χ0) is 14.7. The van der Waals surface area contributed by atoms with E-state index in [1.807, 2.05) is 48.5 Å². The molecular formula is C16H11BrN2O2. The van der Waals surface area contributed by atoms with Crippen molar-refractivity contribution in [3.63, 3.8) is 0 Å². The maximum Gasteiger partial charge on any atom is 0.153 e. The topological polar surface area (TPSA) is 55.0 Å². The first kappa shape index (κ1) is 13.6. The predicted molar refractivity (Wildman–Crippen MR) is 83.6 cm³/mol. The lowest BCUT2D eigenvalue weighted by Crippen LogP contribution is -1.86. The fraction of sp³-hybridized carbons (Fsp3) is 0. The van der Waals surface area contributed by atoms with Crippen LogP contribution in [0.5, 0.6) is 11.5 Å². The highest BCUT2D eigenvalue weighted by molar-refractivity contribution is 9.10. The lowest BCUT2D eigenvalue weighted by atomic mass is 10.1. The van der Waals surface area contributed by atoms with E-state index in [2.05, 4.69) is 26.1 Å². The molecule has 0 radical (unpaired) electrons. The van der Waals surface area contributed by atoms with Crippen molar-refractivity contribution in [2.45, 2.75) is 0 Å². The minimum atomic E-state index is 0.538. The van der Waals surface area contributed by atoms with Gasteiger partial charge in [-0.1, -0.05) is 15.9 Å². The number of hydrogen-bond donors (Lipinski definition) is 1. The van der Waals surface area contributed by atoms with E-state index in [9.17, 15) is 4.79 Å². The zero-order valence-electron chi connectivity index (χ0n) is 10.9. The number of aldehydes is 1. The van der Waals surface area contributed by atoms with Crippen molar-refractivity contribution in [3.8, 4) is 22.8 Å². The third-order valence-corrected chi connectivity index (χ3v) is 3.52. The van der Waals surface area contributed by atoms with E-state index in [4.69, 9.17) is 4.74 Å². The van der Waals surface area contributed by atoms with Crippen LogP contribution in [0.15, 0.2) is 59.2 Å². The Morgan fingerprint density at radius 1 is 1.00 bits per heavy atom. The van der Waals surface area contributed by atoms with Gasteiger partial charge in [0.25, 0.3) is 0 Å². The van der Waals surface area contributed by atoms with Crippen molar-refractivity contribution in [1.29, 1.82) is 0 Å². The highest BCUT2D eigenvalue weighted by Gasteiger charge is 2.07. The van der Waals surface area contributed by atoms with Crippen LogP contribution in [-0.2, 0) is 0 Å². The number of H-pyrrole nitrogens is 1. The molecule has 0 aliphatic rings. The molecule has 0 saturated heterocycles. The van der Waals surface area contributed by atoms with Gasteiger partial charge in [-0.15, -0.1) is 0 Å². The third kappa shape index (κ3) is 3.03. The highest BCUT2D eigenvalue weighted by Crippen LogP contribution is 2.26. The van der Waals surface area contributed by atoms with E-state index in [0.717, 1.165) is 27.8 Å². The van der Waals surface area contributed by atoms with Crippen LogP contribution in [0.25, 0.3) is 11.3 Å². The lowest BCUT2D eigenvalue weighted by molar-refractivity contribution is 0.112. The number of ether oxygens (including phenoxy) is 1. The minimum Gasteiger partial charge on any atom is -0.457 e. The van der Waals surface area contributed by atoms with E-state index >= 15 is 0 Å². The summed E-state index contributed by atoms with van der Waals surface area (Å²) in [5.41, 5.74) is 2.13. The summed E-state index contributed by atoms with van der Waals surface area (Å²) in [6, 6.07) is 15.1. The fourth-order valence-corrected chi connectivity index (χ4v) is 2.21. The molecule has 2 aromatic carbocycles. The molecule has 0 amide bonds. The van der Waals surface area contributed by atoms with Crippen LogP contribution in [0.1, 0.15) is 10.4 Å². The number of aromatic amines is 1. The molecule has 0 aliphatic carbocycles. The number of benzene rings is 2. The number of aromatic nitrogens is 2. The summed E-state index contributed by atoms with van der Waals surface area (Å²) < 4.78 is 6.75. The van der Waals surface area contributed by atoms with E-state index in [0.29, 0.717) is 11.3 Å². The average molecular weight is 343 g/mol. The van der Waals surface area contributed by atoms with E-state index in [1.165, 1.54) is 6.20 Å². The Labute approximate surface area is 129 Å². The molecule has 3 rings (SSSR count). The number of hydrogen-bond acceptors (Lipinski definition) is 3. The van der Waals surface area contributed by atoms with Gasteiger partial charge in [0.1, 0.15) is 11.5 Å². The van der Waals surface area contributed by atoms with Gasteiger partial charge in [0.05, 0.1) is 17.5 Å². The second kappa shape index (κ2) is 5.93. The van der Waals surface area contributed by atoms with Crippen molar-refractivity contribution in [2.75, 3.05) is 0 Å². The van der Waals surface area contributed by atoms with E-state index in [1.54, 1.807) is 0 Å². The summed E-state index contributed by atoms with van der Waals surface area (Å²) in [7, 11) is 0. The maximum absolute atomic E-state index is 10.9. The Balaban J connectivity index is 1.81. The first-order valence-corrected chi connectivity index (χ1v) is 7.08. The molecular weight excluding hydrogens is 332 g/mol. The smallest absolute Gasteiger partial charge is 0.153 e. The lowest BCUT2D eigenvalue weighted by Gasteiger charge is -2.06. The van der Waals surface area contributed by atoms with Crippen molar-refractivity contribution >= 4 is 22.2 Å². The summed E-state index contributed by atoms with van der Waals surface area (Å²) in [6.07, 6.45) is 2.29. The van der Waals surface area contributed by atoms with Crippen LogP contribution in [0, 0.1) is 0 Å². The van der Waals surface area contributed by atoms with Gasteiger partial charge < -0.3 is 4.74 Å². The van der Waals surface area contributed by atoms with Gasteiger partial charge in [0, 0.05) is 10.0 Å². The Kier molecular flexibility index (Phi) is 3.83. The first-order chi connectivity index (χ1) is 10.3. The normalized spacial score (nSPS) is 10.3. The molecule has 3 aromatic rings. The number of nitrogens with zero attached hydrogens (tertiary/aromatic N) is 1. The quantitative estimate of drug-likeness (QED) is 0.713. The molecule has 0 spiro atoms. The molecule has 1 N–H and O–H groups in total. The molecule has 0 bridgehead atoms. The van der Waals surface area contributed by atoms with E-state index < -0.39 is 0 Å². The summed E-state index contributed by atoms with van der Waals surface area (Å²) >= 11 is 3.38. The van der Waals surface area contributed by atoms with Crippen LogP contribution in [0.2, 0.25) is 0 Å². The second-order valence-electron chi connectivity index (χ2n) is 4.40. The van der Waals surface area contributed by atoms with Gasteiger partial charge >= 0.3 is 0 Å². The first-order valence-electron chi connectivity index (χ1n) is 6.28. The zero-order valence-corrected chi connectivity index (χ0v) is 12.5. The molecule has 0 atom stereocenters. The number of halogens is 1. The molecule has 0 fully saturated rings. The van der Waals surface area contributed by atoms with Crippen molar-refractivity contribution in [3.05, 3.63) is 64.8 Å². The average Bonchev–Trinajstić information content (AvgIpc) is 2.99. The number of rotatable bonds is 4. The van der Waals surface area contributed by atoms with Gasteiger partial charge in [-0.25, -0.2) is 0 Å². The van der Waals surface area contributed by atoms with Crippen molar-refractivity contribution in [2.24, 2.45) is 0 Å². The third-order valence-electron chi connectivity index (χ3n) is 2.99.